The van der Waals surface area contributed by atoms with Gasteiger partial charge in [0.2, 0.25) is 11.6 Å². The number of carbonyl (C=O) groups is 1. The van der Waals surface area contributed by atoms with E-state index in [2.05, 4.69) is 58.1 Å². The number of aryl methyl sites for hydroxylation is 1. The lowest BCUT2D eigenvalue weighted by Crippen LogP contribution is -2.20. The SMILES string of the molecule is CCOc1cc(/C=N/NC(=O)c2nnn(-c3nonc3N)c2CSC2=NCCS2)cc(Br)c1OCc1cccc(C)c1. The van der Waals surface area contributed by atoms with Crippen LogP contribution in [-0.4, -0.2) is 60.7 Å². The van der Waals surface area contributed by atoms with Crippen LogP contribution in [0, 0.1) is 6.92 Å². The van der Waals surface area contributed by atoms with Gasteiger partial charge in [-0.05, 0) is 63.4 Å². The number of aliphatic imine (C=N–C) groups is 1. The normalized spacial score (nSPS) is 13.0. The van der Waals surface area contributed by atoms with Crippen molar-refractivity contribution in [2.45, 2.75) is 26.2 Å². The summed E-state index contributed by atoms with van der Waals surface area (Å²) >= 11 is 6.69. The van der Waals surface area contributed by atoms with E-state index >= 15 is 0 Å². The average molecular weight is 673 g/mol. The van der Waals surface area contributed by atoms with E-state index in [9.17, 15) is 4.79 Å². The second kappa shape index (κ2) is 13.8. The number of benzene rings is 2. The number of amides is 1. The van der Waals surface area contributed by atoms with Gasteiger partial charge in [0.25, 0.3) is 5.91 Å². The summed E-state index contributed by atoms with van der Waals surface area (Å²) in [6, 6.07) is 11.7. The van der Waals surface area contributed by atoms with Crippen LogP contribution in [0.1, 0.15) is 39.8 Å². The van der Waals surface area contributed by atoms with Crippen molar-refractivity contribution in [3.63, 3.8) is 0 Å². The highest BCUT2D eigenvalue weighted by atomic mass is 79.9. The fourth-order valence-corrected chi connectivity index (χ4v) is 6.47. The first kappa shape index (κ1) is 29.6. The lowest BCUT2D eigenvalue weighted by atomic mass is 10.1. The Morgan fingerprint density at radius 1 is 1.31 bits per heavy atom. The summed E-state index contributed by atoms with van der Waals surface area (Å²) in [6.07, 6.45) is 1.50. The second-order valence-electron chi connectivity index (χ2n) is 8.79. The summed E-state index contributed by atoms with van der Waals surface area (Å²) < 4.78 is 19.6. The number of hydrogen-bond acceptors (Lipinski definition) is 13. The van der Waals surface area contributed by atoms with E-state index in [0.717, 1.165) is 27.8 Å². The van der Waals surface area contributed by atoms with Crippen molar-refractivity contribution in [1.29, 1.82) is 0 Å². The Balaban J connectivity index is 1.31. The van der Waals surface area contributed by atoms with Crippen molar-refractivity contribution in [3.05, 3.63) is 68.9 Å². The summed E-state index contributed by atoms with van der Waals surface area (Å²) in [7, 11) is 0. The molecule has 3 N–H and O–H groups in total. The molecule has 1 amide bonds. The zero-order valence-electron chi connectivity index (χ0n) is 22.6. The number of rotatable bonds is 11. The monoisotopic (exact) mass is 671 g/mol. The van der Waals surface area contributed by atoms with Crippen molar-refractivity contribution in [2.24, 2.45) is 10.1 Å². The Labute approximate surface area is 257 Å². The number of nitrogens with zero attached hydrogens (tertiary/aromatic N) is 7. The van der Waals surface area contributed by atoms with Crippen molar-refractivity contribution in [2.75, 3.05) is 24.6 Å². The van der Waals surface area contributed by atoms with Gasteiger partial charge in [0.05, 0.1) is 29.5 Å². The Bertz CT molecular complexity index is 1640. The average Bonchev–Trinajstić information content (AvgIpc) is 3.73. The van der Waals surface area contributed by atoms with Gasteiger partial charge in [-0.15, -0.1) is 5.10 Å². The molecule has 1 aliphatic heterocycles. The zero-order chi connectivity index (χ0) is 29.5. The second-order valence-corrected chi connectivity index (χ2v) is 12.0. The van der Waals surface area contributed by atoms with Crippen molar-refractivity contribution in [1.82, 2.24) is 30.7 Å². The van der Waals surface area contributed by atoms with Crippen LogP contribution in [0.5, 0.6) is 11.5 Å². The van der Waals surface area contributed by atoms with Crippen LogP contribution in [0.3, 0.4) is 0 Å². The number of nitrogens with two attached hydrogens (primary N) is 1. The molecule has 16 heteroatoms. The number of nitrogens with one attached hydrogen (secondary N) is 1. The lowest BCUT2D eigenvalue weighted by molar-refractivity contribution is 0.0949. The third kappa shape index (κ3) is 7.11. The van der Waals surface area contributed by atoms with Crippen LogP contribution in [0.2, 0.25) is 0 Å². The molecule has 2 aromatic carbocycles. The minimum Gasteiger partial charge on any atom is -0.490 e. The molecular weight excluding hydrogens is 646 g/mol. The highest BCUT2D eigenvalue weighted by Crippen LogP contribution is 2.37. The fraction of sp³-hybridized carbons (Fsp3) is 0.269. The van der Waals surface area contributed by atoms with Gasteiger partial charge in [0.15, 0.2) is 17.2 Å². The molecule has 42 heavy (non-hydrogen) atoms. The van der Waals surface area contributed by atoms with Crippen LogP contribution < -0.4 is 20.6 Å². The van der Waals surface area contributed by atoms with E-state index in [1.807, 2.05) is 38.1 Å². The fourth-order valence-electron chi connectivity index (χ4n) is 3.89. The third-order valence-electron chi connectivity index (χ3n) is 5.74. The first-order chi connectivity index (χ1) is 20.4. The van der Waals surface area contributed by atoms with Crippen molar-refractivity contribution >= 4 is 61.8 Å². The van der Waals surface area contributed by atoms with Gasteiger partial charge in [-0.1, -0.05) is 58.6 Å². The number of aromatic nitrogens is 5. The summed E-state index contributed by atoms with van der Waals surface area (Å²) in [5.74, 6) is 1.97. The molecule has 0 atom stereocenters. The number of anilines is 1. The van der Waals surface area contributed by atoms with Crippen LogP contribution in [-0.2, 0) is 12.4 Å². The molecule has 3 heterocycles. The van der Waals surface area contributed by atoms with Crippen LogP contribution in [0.4, 0.5) is 5.82 Å². The summed E-state index contributed by atoms with van der Waals surface area (Å²) in [5.41, 5.74) is 11.8. The quantitative estimate of drug-likeness (QED) is 0.171. The van der Waals surface area contributed by atoms with Crippen LogP contribution in [0.25, 0.3) is 5.82 Å². The van der Waals surface area contributed by atoms with E-state index in [-0.39, 0.29) is 17.3 Å². The van der Waals surface area contributed by atoms with E-state index in [1.165, 1.54) is 22.7 Å². The number of hydrogen-bond donors (Lipinski definition) is 2. The predicted molar refractivity (Wildman–Crippen MR) is 166 cm³/mol. The molecule has 0 saturated carbocycles. The standard InChI is InChI=1S/C26H26BrN9O4S2/c1-3-38-20-11-17(10-18(27)22(20)39-13-16-6-4-5-15(2)9-16)12-30-32-25(37)21-19(14-42-26-29-7-8-41-26)36(35-31-21)24-23(28)33-40-34-24/h4-6,9-12H,3,7-8,13-14H2,1-2H3,(H2,28,33)(H,32,37)/b30-12+. The van der Waals surface area contributed by atoms with E-state index < -0.39 is 5.91 Å². The third-order valence-corrected chi connectivity index (χ3v) is 8.59. The minimum absolute atomic E-state index is 0.0192. The molecule has 5 rings (SSSR count). The molecule has 0 aliphatic carbocycles. The highest BCUT2D eigenvalue weighted by molar-refractivity contribution is 9.10. The molecule has 2 aromatic heterocycles. The molecule has 0 fully saturated rings. The Kier molecular flexibility index (Phi) is 9.76. The molecule has 0 spiro atoms. The number of hydrazone groups is 1. The first-order valence-corrected chi connectivity index (χ1v) is 15.5. The molecule has 0 unspecified atom stereocenters. The van der Waals surface area contributed by atoms with Gasteiger partial charge >= 0.3 is 0 Å². The Morgan fingerprint density at radius 3 is 2.93 bits per heavy atom. The minimum atomic E-state index is -0.564. The van der Waals surface area contributed by atoms with Gasteiger partial charge in [-0.25, -0.2) is 10.1 Å². The molecule has 218 valence electrons. The highest BCUT2D eigenvalue weighted by Gasteiger charge is 2.25. The van der Waals surface area contributed by atoms with E-state index in [4.69, 9.17) is 19.8 Å². The zero-order valence-corrected chi connectivity index (χ0v) is 25.8. The maximum Gasteiger partial charge on any atom is 0.293 e. The number of halogens is 1. The largest absolute Gasteiger partial charge is 0.490 e. The predicted octanol–water partition coefficient (Wildman–Crippen LogP) is 4.38. The number of ether oxygens (including phenoxy) is 2. The lowest BCUT2D eigenvalue weighted by Gasteiger charge is -2.15. The molecule has 4 aromatic rings. The molecule has 13 nitrogen and oxygen atoms in total. The Hall–Kier alpha value is -3.89. The molecule has 0 radical (unpaired) electrons. The topological polar surface area (TPSA) is 168 Å². The first-order valence-electron chi connectivity index (χ1n) is 12.7. The van der Waals surface area contributed by atoms with Crippen molar-refractivity contribution in [3.8, 4) is 17.3 Å². The van der Waals surface area contributed by atoms with Gasteiger partial charge in [-0.3, -0.25) is 9.79 Å². The van der Waals surface area contributed by atoms with E-state index in [1.54, 1.807) is 17.8 Å². The summed E-state index contributed by atoms with van der Waals surface area (Å²) in [5, 5.41) is 19.6. The van der Waals surface area contributed by atoms with Gasteiger partial charge < -0.3 is 15.2 Å². The Morgan fingerprint density at radius 2 is 2.19 bits per heavy atom. The number of carbonyl (C=O) groups excluding carboxylic acids is 1. The maximum absolute atomic E-state index is 13.1. The van der Waals surface area contributed by atoms with Gasteiger partial charge in [0.1, 0.15) is 11.0 Å². The van der Waals surface area contributed by atoms with Crippen LogP contribution >= 0.6 is 39.5 Å². The molecule has 1 aliphatic rings. The number of thioether (sulfide) groups is 2. The van der Waals surface area contributed by atoms with Gasteiger partial charge in [0, 0.05) is 11.5 Å². The summed E-state index contributed by atoms with van der Waals surface area (Å²) in [4.78, 5) is 17.6. The molecular formula is C26H26BrN9O4S2. The van der Waals surface area contributed by atoms with Crippen molar-refractivity contribution < 1.29 is 18.9 Å². The summed E-state index contributed by atoms with van der Waals surface area (Å²) in [6.45, 7) is 5.51. The van der Waals surface area contributed by atoms with E-state index in [0.29, 0.717) is 46.2 Å². The molecule has 0 saturated heterocycles. The van der Waals surface area contributed by atoms with Crippen LogP contribution in [0.15, 0.2) is 55.6 Å². The van der Waals surface area contributed by atoms with Gasteiger partial charge in [-0.2, -0.15) is 9.78 Å². The maximum atomic E-state index is 13.1. The number of nitrogen functional groups attached to an aromatic ring is 1. The smallest absolute Gasteiger partial charge is 0.293 e. The molecule has 0 bridgehead atoms.